The first-order valence-corrected chi connectivity index (χ1v) is 6.61. The standard InChI is InChI=1S/C14H19ClN2/c1-16-11-14(17-9-3-2-4-10-17)12-5-7-13(15)8-6-12/h5-8,14H,1-4,9-11H2. The highest BCUT2D eigenvalue weighted by Gasteiger charge is 2.21. The molecule has 17 heavy (non-hydrogen) atoms. The molecule has 0 bridgehead atoms. The van der Waals surface area contributed by atoms with E-state index in [2.05, 4.69) is 28.7 Å². The van der Waals surface area contributed by atoms with Gasteiger partial charge in [0, 0.05) is 5.02 Å². The molecule has 2 nitrogen and oxygen atoms in total. The molecule has 0 aliphatic carbocycles. The minimum atomic E-state index is 0.366. The van der Waals surface area contributed by atoms with E-state index in [1.54, 1.807) is 0 Å². The summed E-state index contributed by atoms with van der Waals surface area (Å²) in [7, 11) is 0. The van der Waals surface area contributed by atoms with Crippen LogP contribution in [0, 0.1) is 0 Å². The van der Waals surface area contributed by atoms with E-state index >= 15 is 0 Å². The summed E-state index contributed by atoms with van der Waals surface area (Å²) in [6, 6.07) is 8.48. The highest BCUT2D eigenvalue weighted by atomic mass is 35.5. The van der Waals surface area contributed by atoms with Crippen molar-refractivity contribution < 1.29 is 0 Å². The lowest BCUT2D eigenvalue weighted by Gasteiger charge is -2.34. The van der Waals surface area contributed by atoms with Crippen molar-refractivity contribution in [2.75, 3.05) is 19.6 Å². The summed E-state index contributed by atoms with van der Waals surface area (Å²) in [5, 5.41) is 0.790. The fraction of sp³-hybridized carbons (Fsp3) is 0.500. The molecule has 0 N–H and O–H groups in total. The van der Waals surface area contributed by atoms with Gasteiger partial charge in [0.15, 0.2) is 0 Å². The molecule has 1 aliphatic heterocycles. The Morgan fingerprint density at radius 2 is 1.82 bits per heavy atom. The number of benzene rings is 1. The second-order valence-corrected chi connectivity index (χ2v) is 5.01. The predicted octanol–water partition coefficient (Wildman–Crippen LogP) is 3.57. The van der Waals surface area contributed by atoms with Crippen LogP contribution in [0.5, 0.6) is 0 Å². The van der Waals surface area contributed by atoms with Crippen LogP contribution in [0.15, 0.2) is 29.3 Å². The van der Waals surface area contributed by atoms with E-state index < -0.39 is 0 Å². The van der Waals surface area contributed by atoms with Crippen molar-refractivity contribution in [3.05, 3.63) is 34.9 Å². The lowest BCUT2D eigenvalue weighted by atomic mass is 10.0. The third-order valence-electron chi connectivity index (χ3n) is 3.39. The molecule has 2 rings (SSSR count). The molecule has 1 unspecified atom stereocenters. The van der Waals surface area contributed by atoms with E-state index in [0.29, 0.717) is 6.04 Å². The van der Waals surface area contributed by atoms with Crippen molar-refractivity contribution in [2.45, 2.75) is 25.3 Å². The molecule has 1 heterocycles. The number of halogens is 1. The molecule has 0 saturated carbocycles. The van der Waals surface area contributed by atoms with Crippen LogP contribution in [0.2, 0.25) is 5.02 Å². The molecule has 1 aromatic carbocycles. The quantitative estimate of drug-likeness (QED) is 0.746. The lowest BCUT2D eigenvalue weighted by molar-refractivity contribution is 0.168. The zero-order valence-electron chi connectivity index (χ0n) is 10.1. The minimum absolute atomic E-state index is 0.366. The molecule has 0 aromatic heterocycles. The molecule has 1 saturated heterocycles. The number of hydrogen-bond acceptors (Lipinski definition) is 2. The Labute approximate surface area is 108 Å². The largest absolute Gasteiger partial charge is 0.299 e. The minimum Gasteiger partial charge on any atom is -0.299 e. The Morgan fingerprint density at radius 1 is 1.18 bits per heavy atom. The molecule has 92 valence electrons. The van der Waals surface area contributed by atoms with Gasteiger partial charge < -0.3 is 0 Å². The Balaban J connectivity index is 2.15. The van der Waals surface area contributed by atoms with Gasteiger partial charge in [-0.1, -0.05) is 30.2 Å². The van der Waals surface area contributed by atoms with E-state index in [1.807, 2.05) is 12.1 Å². The smallest absolute Gasteiger partial charge is 0.0579 e. The fourth-order valence-electron chi connectivity index (χ4n) is 2.47. The molecule has 1 fully saturated rings. The zero-order chi connectivity index (χ0) is 12.1. The molecule has 0 amide bonds. The lowest BCUT2D eigenvalue weighted by Crippen LogP contribution is -2.35. The number of rotatable bonds is 4. The first-order chi connectivity index (χ1) is 8.31. The molecule has 3 heteroatoms. The SMILES string of the molecule is C=NCC(c1ccc(Cl)cc1)N1CCCCC1. The van der Waals surface area contributed by atoms with Crippen molar-refractivity contribution in [3.63, 3.8) is 0 Å². The van der Waals surface area contributed by atoms with E-state index in [-0.39, 0.29) is 0 Å². The van der Waals surface area contributed by atoms with Crippen LogP contribution in [0.3, 0.4) is 0 Å². The maximum absolute atomic E-state index is 5.93. The fourth-order valence-corrected chi connectivity index (χ4v) is 2.59. The summed E-state index contributed by atoms with van der Waals surface area (Å²) < 4.78 is 0. The first kappa shape index (κ1) is 12.6. The molecule has 1 aromatic rings. The normalized spacial score (nSPS) is 18.9. The molecule has 0 spiro atoms. The van der Waals surface area contributed by atoms with Gasteiger partial charge in [0.25, 0.3) is 0 Å². The van der Waals surface area contributed by atoms with Crippen molar-refractivity contribution in [1.29, 1.82) is 0 Å². The third-order valence-corrected chi connectivity index (χ3v) is 3.64. The topological polar surface area (TPSA) is 15.6 Å². The van der Waals surface area contributed by atoms with Gasteiger partial charge >= 0.3 is 0 Å². The van der Waals surface area contributed by atoms with Crippen molar-refractivity contribution in [1.82, 2.24) is 4.90 Å². The number of hydrogen-bond donors (Lipinski definition) is 0. The average molecular weight is 251 g/mol. The van der Waals surface area contributed by atoms with Gasteiger partial charge in [-0.3, -0.25) is 9.89 Å². The zero-order valence-corrected chi connectivity index (χ0v) is 10.9. The number of nitrogens with zero attached hydrogens (tertiary/aromatic N) is 2. The van der Waals surface area contributed by atoms with Crippen LogP contribution in [0.25, 0.3) is 0 Å². The van der Waals surface area contributed by atoms with E-state index in [9.17, 15) is 0 Å². The summed E-state index contributed by atoms with van der Waals surface area (Å²) >= 11 is 5.93. The van der Waals surface area contributed by atoms with Gasteiger partial charge in [0.2, 0.25) is 0 Å². The highest BCUT2D eigenvalue weighted by molar-refractivity contribution is 6.30. The van der Waals surface area contributed by atoms with Crippen LogP contribution in [0.4, 0.5) is 0 Å². The second kappa shape index (κ2) is 6.18. The van der Waals surface area contributed by atoms with Crippen LogP contribution in [-0.4, -0.2) is 31.3 Å². The van der Waals surface area contributed by atoms with Gasteiger partial charge in [-0.05, 0) is 50.3 Å². The summed E-state index contributed by atoms with van der Waals surface area (Å²) in [4.78, 5) is 6.60. The van der Waals surface area contributed by atoms with Gasteiger partial charge in [-0.2, -0.15) is 0 Å². The van der Waals surface area contributed by atoms with E-state index in [1.165, 1.54) is 37.9 Å². The Bertz CT molecular complexity index is 355. The van der Waals surface area contributed by atoms with Gasteiger partial charge in [-0.15, -0.1) is 0 Å². The second-order valence-electron chi connectivity index (χ2n) is 4.57. The average Bonchev–Trinajstić information content (AvgIpc) is 2.38. The van der Waals surface area contributed by atoms with Crippen molar-refractivity contribution in [3.8, 4) is 0 Å². The van der Waals surface area contributed by atoms with Crippen LogP contribution < -0.4 is 0 Å². The van der Waals surface area contributed by atoms with Crippen LogP contribution in [-0.2, 0) is 0 Å². The van der Waals surface area contributed by atoms with Crippen LogP contribution in [0.1, 0.15) is 30.9 Å². The highest BCUT2D eigenvalue weighted by Crippen LogP contribution is 2.25. The predicted molar refractivity (Wildman–Crippen MR) is 74.0 cm³/mol. The molecular weight excluding hydrogens is 232 g/mol. The summed E-state index contributed by atoms with van der Waals surface area (Å²) in [5.74, 6) is 0. The van der Waals surface area contributed by atoms with Crippen molar-refractivity contribution in [2.24, 2.45) is 4.99 Å². The maximum Gasteiger partial charge on any atom is 0.0579 e. The number of aliphatic imine (C=N–C) groups is 1. The molecular formula is C14H19ClN2. The maximum atomic E-state index is 5.93. The number of piperidine rings is 1. The van der Waals surface area contributed by atoms with Gasteiger partial charge in [0.05, 0.1) is 12.6 Å². The van der Waals surface area contributed by atoms with Gasteiger partial charge in [0.1, 0.15) is 0 Å². The third kappa shape index (κ3) is 3.30. The summed E-state index contributed by atoms with van der Waals surface area (Å²) in [5.41, 5.74) is 1.30. The van der Waals surface area contributed by atoms with Gasteiger partial charge in [-0.25, -0.2) is 0 Å². The Kier molecular flexibility index (Phi) is 4.57. The van der Waals surface area contributed by atoms with Crippen molar-refractivity contribution >= 4 is 18.3 Å². The first-order valence-electron chi connectivity index (χ1n) is 6.23. The number of likely N-dealkylation sites (tertiary alicyclic amines) is 1. The summed E-state index contributed by atoms with van der Waals surface area (Å²) in [6.45, 7) is 6.74. The molecule has 1 atom stereocenters. The molecule has 0 radical (unpaired) electrons. The Morgan fingerprint density at radius 3 is 2.41 bits per heavy atom. The summed E-state index contributed by atoms with van der Waals surface area (Å²) in [6.07, 6.45) is 3.94. The molecule has 1 aliphatic rings. The van der Waals surface area contributed by atoms with E-state index in [0.717, 1.165) is 11.6 Å². The van der Waals surface area contributed by atoms with Crippen LogP contribution >= 0.6 is 11.6 Å². The Hall–Kier alpha value is -0.860. The van der Waals surface area contributed by atoms with E-state index in [4.69, 9.17) is 11.6 Å². The monoisotopic (exact) mass is 250 g/mol.